The molecule has 4 N–H and O–H groups in total. The number of amides is 2. The highest BCUT2D eigenvalue weighted by atomic mass is 32.1. The van der Waals surface area contributed by atoms with Crippen molar-refractivity contribution in [3.63, 3.8) is 0 Å². The van der Waals surface area contributed by atoms with Gasteiger partial charge in [-0.3, -0.25) is 9.59 Å². The molecule has 0 spiro atoms. The quantitative estimate of drug-likeness (QED) is 0.625. The number of nitrogens with zero attached hydrogens (tertiary/aromatic N) is 2. The van der Waals surface area contributed by atoms with Gasteiger partial charge in [0.25, 0.3) is 11.8 Å². The second kappa shape index (κ2) is 7.59. The second-order valence-corrected chi connectivity index (χ2v) is 7.99. The molecule has 7 nitrogen and oxygen atoms in total. The number of carbonyl (C=O) groups is 2. The largest absolute Gasteiger partial charge is 0.375 e. The number of nitrogen functional groups attached to an aromatic ring is 1. The lowest BCUT2D eigenvalue weighted by atomic mass is 9.96. The number of hydrogen-bond donors (Lipinski definition) is 3. The molecular weight excluding hydrogens is 381 g/mol. The zero-order valence-electron chi connectivity index (χ0n) is 15.1. The molecule has 2 aromatic heterocycles. The summed E-state index contributed by atoms with van der Waals surface area (Å²) in [5, 5.41) is 3.99. The van der Waals surface area contributed by atoms with E-state index in [9.17, 15) is 14.0 Å². The summed E-state index contributed by atoms with van der Waals surface area (Å²) in [6.07, 6.45) is 3.15. The molecule has 146 valence electrons. The number of anilines is 1. The topological polar surface area (TPSA) is 104 Å². The lowest BCUT2D eigenvalue weighted by Crippen LogP contribution is -2.41. The lowest BCUT2D eigenvalue weighted by Gasteiger charge is -2.31. The van der Waals surface area contributed by atoms with Crippen LogP contribution in [0.3, 0.4) is 0 Å². The third-order valence-corrected chi connectivity index (χ3v) is 5.83. The van der Waals surface area contributed by atoms with Crippen molar-refractivity contribution in [3.05, 3.63) is 46.9 Å². The van der Waals surface area contributed by atoms with Gasteiger partial charge < -0.3 is 20.9 Å². The van der Waals surface area contributed by atoms with Crippen molar-refractivity contribution >= 4 is 39.2 Å². The van der Waals surface area contributed by atoms with Gasteiger partial charge in [0.05, 0.1) is 6.20 Å². The molecule has 0 unspecified atom stereocenters. The standard InChI is InChI=1S/C19H20FN5O2S/c20-13-1-2-14-12(7-13)8-15(24-14)17(26)22-9-11-3-5-25(6-4-11)18(27)16-10-23-19(21)28-16/h1-2,7-8,10-11,24H,3-6,9H2,(H2,21,23)(H,22,26). The van der Waals surface area contributed by atoms with E-state index < -0.39 is 0 Å². The molecule has 1 saturated heterocycles. The first-order valence-electron chi connectivity index (χ1n) is 9.06. The van der Waals surface area contributed by atoms with E-state index in [0.717, 1.165) is 18.4 Å². The SMILES string of the molecule is Nc1ncc(C(=O)N2CCC(CNC(=O)c3cc4cc(F)ccc4[nH]3)CC2)s1. The molecule has 3 aromatic rings. The lowest BCUT2D eigenvalue weighted by molar-refractivity contribution is 0.0688. The normalized spacial score (nSPS) is 15.1. The van der Waals surface area contributed by atoms with Crippen molar-refractivity contribution in [1.29, 1.82) is 0 Å². The van der Waals surface area contributed by atoms with Crippen LogP contribution in [0.15, 0.2) is 30.5 Å². The van der Waals surface area contributed by atoms with Gasteiger partial charge in [-0.25, -0.2) is 9.37 Å². The van der Waals surface area contributed by atoms with E-state index in [2.05, 4.69) is 15.3 Å². The number of carbonyl (C=O) groups excluding carboxylic acids is 2. The number of aromatic amines is 1. The molecule has 0 atom stereocenters. The van der Waals surface area contributed by atoms with Crippen LogP contribution in [0, 0.1) is 11.7 Å². The molecule has 0 aliphatic carbocycles. The predicted molar refractivity (Wildman–Crippen MR) is 106 cm³/mol. The van der Waals surface area contributed by atoms with Crippen LogP contribution in [0.4, 0.5) is 9.52 Å². The number of piperidine rings is 1. The molecule has 9 heteroatoms. The van der Waals surface area contributed by atoms with Crippen molar-refractivity contribution in [1.82, 2.24) is 20.2 Å². The van der Waals surface area contributed by atoms with E-state index in [-0.39, 0.29) is 17.6 Å². The number of rotatable bonds is 4. The van der Waals surface area contributed by atoms with Crippen molar-refractivity contribution in [2.45, 2.75) is 12.8 Å². The van der Waals surface area contributed by atoms with Gasteiger partial charge in [0.15, 0.2) is 5.13 Å². The number of nitrogens with one attached hydrogen (secondary N) is 2. The van der Waals surface area contributed by atoms with Crippen LogP contribution >= 0.6 is 11.3 Å². The Kier molecular flexibility index (Phi) is 4.99. The van der Waals surface area contributed by atoms with Gasteiger partial charge in [0, 0.05) is 30.5 Å². The molecule has 3 heterocycles. The molecule has 1 aromatic carbocycles. The van der Waals surface area contributed by atoms with Crippen LogP contribution in [0.25, 0.3) is 10.9 Å². The maximum atomic E-state index is 13.3. The Morgan fingerprint density at radius 2 is 2.11 bits per heavy atom. The minimum atomic E-state index is -0.333. The third kappa shape index (κ3) is 3.84. The number of H-pyrrole nitrogens is 1. The molecule has 0 radical (unpaired) electrons. The maximum absolute atomic E-state index is 13.3. The third-order valence-electron chi connectivity index (χ3n) is 5.01. The molecule has 0 saturated carbocycles. The highest BCUT2D eigenvalue weighted by molar-refractivity contribution is 7.17. The molecule has 4 rings (SSSR count). The Labute approximate surface area is 164 Å². The average molecular weight is 401 g/mol. The van der Waals surface area contributed by atoms with Gasteiger partial charge in [-0.05, 0) is 43.0 Å². The highest BCUT2D eigenvalue weighted by Gasteiger charge is 2.25. The summed E-state index contributed by atoms with van der Waals surface area (Å²) in [6.45, 7) is 1.82. The summed E-state index contributed by atoms with van der Waals surface area (Å²) in [7, 11) is 0. The van der Waals surface area contributed by atoms with Crippen molar-refractivity contribution in [3.8, 4) is 0 Å². The van der Waals surface area contributed by atoms with E-state index in [1.807, 2.05) is 0 Å². The fraction of sp³-hybridized carbons (Fsp3) is 0.316. The van der Waals surface area contributed by atoms with Gasteiger partial charge in [0.1, 0.15) is 16.4 Å². The van der Waals surface area contributed by atoms with Crippen molar-refractivity contribution in [2.24, 2.45) is 5.92 Å². The van der Waals surface area contributed by atoms with E-state index in [4.69, 9.17) is 5.73 Å². The fourth-order valence-electron chi connectivity index (χ4n) is 3.44. The molecule has 1 aliphatic heterocycles. The van der Waals surface area contributed by atoms with E-state index >= 15 is 0 Å². The monoisotopic (exact) mass is 401 g/mol. The number of benzene rings is 1. The zero-order chi connectivity index (χ0) is 19.7. The van der Waals surface area contributed by atoms with Gasteiger partial charge in [-0.1, -0.05) is 11.3 Å². The summed E-state index contributed by atoms with van der Waals surface area (Å²) in [5.41, 5.74) is 6.73. The summed E-state index contributed by atoms with van der Waals surface area (Å²) < 4.78 is 13.3. The summed E-state index contributed by atoms with van der Waals surface area (Å²) in [6, 6.07) is 6.02. The van der Waals surface area contributed by atoms with Crippen LogP contribution in [-0.2, 0) is 0 Å². The first kappa shape index (κ1) is 18.4. The molecular formula is C19H20FN5O2S. The number of aromatic nitrogens is 2. The number of nitrogens with two attached hydrogens (primary N) is 1. The Morgan fingerprint density at radius 3 is 2.82 bits per heavy atom. The minimum absolute atomic E-state index is 0.0398. The smallest absolute Gasteiger partial charge is 0.267 e. The molecule has 1 fully saturated rings. The maximum Gasteiger partial charge on any atom is 0.267 e. The highest BCUT2D eigenvalue weighted by Crippen LogP contribution is 2.22. The zero-order valence-corrected chi connectivity index (χ0v) is 15.9. The minimum Gasteiger partial charge on any atom is -0.375 e. The van der Waals surface area contributed by atoms with Gasteiger partial charge in [0.2, 0.25) is 0 Å². The van der Waals surface area contributed by atoms with Crippen LogP contribution in [0.1, 0.15) is 33.0 Å². The average Bonchev–Trinajstić information content (AvgIpc) is 3.31. The molecule has 28 heavy (non-hydrogen) atoms. The number of halogens is 1. The van der Waals surface area contributed by atoms with Crippen molar-refractivity contribution in [2.75, 3.05) is 25.4 Å². The Hall–Kier alpha value is -2.94. The van der Waals surface area contributed by atoms with E-state index in [1.54, 1.807) is 17.0 Å². The van der Waals surface area contributed by atoms with E-state index in [1.165, 1.54) is 29.7 Å². The van der Waals surface area contributed by atoms with Gasteiger partial charge >= 0.3 is 0 Å². The Bertz CT molecular complexity index is 1020. The van der Waals surface area contributed by atoms with Crippen LogP contribution in [0.5, 0.6) is 0 Å². The van der Waals surface area contributed by atoms with Gasteiger partial charge in [-0.2, -0.15) is 0 Å². The van der Waals surface area contributed by atoms with Crippen LogP contribution < -0.4 is 11.1 Å². The number of thiazole rings is 1. The van der Waals surface area contributed by atoms with Crippen molar-refractivity contribution < 1.29 is 14.0 Å². The first-order chi connectivity index (χ1) is 13.5. The summed E-state index contributed by atoms with van der Waals surface area (Å²) in [5.74, 6) is -0.278. The fourth-order valence-corrected chi connectivity index (χ4v) is 4.09. The number of fused-ring (bicyclic) bond motifs is 1. The van der Waals surface area contributed by atoms with Crippen LogP contribution in [-0.4, -0.2) is 46.3 Å². The molecule has 2 amide bonds. The predicted octanol–water partition coefficient (Wildman–Crippen LogP) is 2.63. The molecule has 1 aliphatic rings. The van der Waals surface area contributed by atoms with Gasteiger partial charge in [-0.15, -0.1) is 0 Å². The van der Waals surface area contributed by atoms with E-state index in [0.29, 0.717) is 46.6 Å². The summed E-state index contributed by atoms with van der Waals surface area (Å²) in [4.78, 5) is 34.1. The second-order valence-electron chi connectivity index (χ2n) is 6.92. The first-order valence-corrected chi connectivity index (χ1v) is 9.88. The molecule has 0 bridgehead atoms. The Balaban J connectivity index is 1.28. The number of likely N-dealkylation sites (tertiary alicyclic amines) is 1. The van der Waals surface area contributed by atoms with Crippen LogP contribution in [0.2, 0.25) is 0 Å². The Morgan fingerprint density at radius 1 is 1.32 bits per heavy atom. The summed E-state index contributed by atoms with van der Waals surface area (Å²) >= 11 is 1.20. The number of hydrogen-bond acceptors (Lipinski definition) is 5.